The molecule has 0 radical (unpaired) electrons. The third-order valence-electron chi connectivity index (χ3n) is 3.46. The summed E-state index contributed by atoms with van der Waals surface area (Å²) in [6.07, 6.45) is 0. The summed E-state index contributed by atoms with van der Waals surface area (Å²) in [7, 11) is 3.26. The van der Waals surface area contributed by atoms with Gasteiger partial charge in [-0.25, -0.2) is 0 Å². The van der Waals surface area contributed by atoms with Gasteiger partial charge in [-0.15, -0.1) is 0 Å². The van der Waals surface area contributed by atoms with E-state index in [-0.39, 0.29) is 5.88 Å². The van der Waals surface area contributed by atoms with Crippen LogP contribution in [0.2, 0.25) is 0 Å². The largest absolute Gasteiger partial charge is 0.497 e. The summed E-state index contributed by atoms with van der Waals surface area (Å²) in [6, 6.07) is 15.2. The van der Waals surface area contributed by atoms with Crippen molar-refractivity contribution in [2.24, 2.45) is 0 Å². The molecule has 0 saturated heterocycles. The van der Waals surface area contributed by atoms with E-state index in [9.17, 15) is 0 Å². The van der Waals surface area contributed by atoms with Crippen molar-refractivity contribution in [2.45, 2.75) is 0 Å². The second-order valence-corrected chi connectivity index (χ2v) is 4.73. The molecule has 0 bridgehead atoms. The van der Waals surface area contributed by atoms with Crippen LogP contribution in [0.1, 0.15) is 0 Å². The zero-order valence-corrected chi connectivity index (χ0v) is 12.4. The Morgan fingerprint density at radius 3 is 1.82 bits per heavy atom. The van der Waals surface area contributed by atoms with Crippen molar-refractivity contribution in [1.29, 1.82) is 0 Å². The predicted molar refractivity (Wildman–Crippen MR) is 84.9 cm³/mol. The molecule has 22 heavy (non-hydrogen) atoms. The van der Waals surface area contributed by atoms with E-state index in [2.05, 4.69) is 5.16 Å². The van der Waals surface area contributed by atoms with Crippen molar-refractivity contribution in [3.05, 3.63) is 48.5 Å². The first-order valence-corrected chi connectivity index (χ1v) is 6.77. The normalized spacial score (nSPS) is 10.5. The molecule has 5 heteroatoms. The van der Waals surface area contributed by atoms with Gasteiger partial charge in [0.25, 0.3) is 0 Å². The molecular formula is C17H16N2O3. The van der Waals surface area contributed by atoms with Crippen molar-refractivity contribution in [1.82, 2.24) is 5.16 Å². The van der Waals surface area contributed by atoms with Gasteiger partial charge in [0.05, 0.1) is 19.8 Å². The Morgan fingerprint density at radius 2 is 1.32 bits per heavy atom. The molecule has 2 aromatic carbocycles. The SMILES string of the molecule is COc1ccc(-c2noc(N)c2-c2ccc(OC)cc2)cc1. The molecule has 5 nitrogen and oxygen atoms in total. The fourth-order valence-electron chi connectivity index (χ4n) is 2.29. The highest BCUT2D eigenvalue weighted by Crippen LogP contribution is 2.37. The average Bonchev–Trinajstić information content (AvgIpc) is 2.96. The third kappa shape index (κ3) is 2.48. The molecule has 0 amide bonds. The van der Waals surface area contributed by atoms with Crippen molar-refractivity contribution in [3.8, 4) is 33.9 Å². The van der Waals surface area contributed by atoms with Crippen molar-refractivity contribution < 1.29 is 14.0 Å². The molecule has 0 fully saturated rings. The van der Waals surface area contributed by atoms with Gasteiger partial charge in [0, 0.05) is 5.56 Å². The minimum atomic E-state index is 0.288. The fraction of sp³-hybridized carbons (Fsp3) is 0.118. The number of nitrogen functional groups attached to an aromatic ring is 1. The number of ether oxygens (including phenoxy) is 2. The summed E-state index contributed by atoms with van der Waals surface area (Å²) >= 11 is 0. The zero-order chi connectivity index (χ0) is 15.5. The molecule has 0 unspecified atom stereocenters. The first-order valence-electron chi connectivity index (χ1n) is 6.77. The molecule has 0 aliphatic carbocycles. The number of hydrogen-bond acceptors (Lipinski definition) is 5. The van der Waals surface area contributed by atoms with Gasteiger partial charge in [-0.3, -0.25) is 0 Å². The van der Waals surface area contributed by atoms with Crippen LogP contribution in [0.5, 0.6) is 11.5 Å². The maximum atomic E-state index is 5.95. The van der Waals surface area contributed by atoms with Gasteiger partial charge >= 0.3 is 0 Å². The van der Waals surface area contributed by atoms with E-state index in [1.54, 1.807) is 14.2 Å². The van der Waals surface area contributed by atoms with Gasteiger partial charge in [0.1, 0.15) is 17.2 Å². The molecule has 3 rings (SSSR count). The number of benzene rings is 2. The van der Waals surface area contributed by atoms with Crippen LogP contribution in [0.4, 0.5) is 5.88 Å². The molecule has 112 valence electrons. The highest BCUT2D eigenvalue weighted by atomic mass is 16.5. The predicted octanol–water partition coefficient (Wildman–Crippen LogP) is 3.61. The van der Waals surface area contributed by atoms with E-state index in [0.717, 1.165) is 28.2 Å². The lowest BCUT2D eigenvalue weighted by Gasteiger charge is -2.05. The Bertz CT molecular complexity index is 762. The van der Waals surface area contributed by atoms with Crippen LogP contribution in [0, 0.1) is 0 Å². The summed E-state index contributed by atoms with van der Waals surface area (Å²) in [5.74, 6) is 1.85. The lowest BCUT2D eigenvalue weighted by molar-refractivity contribution is 0.414. The summed E-state index contributed by atoms with van der Waals surface area (Å²) in [5, 5.41) is 4.09. The quantitative estimate of drug-likeness (QED) is 0.796. The molecule has 0 aliphatic heterocycles. The zero-order valence-electron chi connectivity index (χ0n) is 12.4. The van der Waals surface area contributed by atoms with Crippen molar-refractivity contribution in [3.63, 3.8) is 0 Å². The maximum absolute atomic E-state index is 5.95. The summed E-state index contributed by atoms with van der Waals surface area (Å²) in [5.41, 5.74) is 9.25. The molecule has 3 aromatic rings. The fourth-order valence-corrected chi connectivity index (χ4v) is 2.29. The number of nitrogens with zero attached hydrogens (tertiary/aromatic N) is 1. The van der Waals surface area contributed by atoms with Crippen molar-refractivity contribution in [2.75, 3.05) is 20.0 Å². The second-order valence-electron chi connectivity index (χ2n) is 4.73. The molecule has 2 N–H and O–H groups in total. The number of rotatable bonds is 4. The topological polar surface area (TPSA) is 70.5 Å². The van der Waals surface area contributed by atoms with E-state index in [1.165, 1.54) is 0 Å². The van der Waals surface area contributed by atoms with Gasteiger partial charge in [0.15, 0.2) is 0 Å². The minimum Gasteiger partial charge on any atom is -0.497 e. The van der Waals surface area contributed by atoms with Crippen LogP contribution in [0.15, 0.2) is 53.1 Å². The Balaban J connectivity index is 2.05. The van der Waals surface area contributed by atoms with Crippen LogP contribution in [-0.2, 0) is 0 Å². The Morgan fingerprint density at radius 1 is 0.818 bits per heavy atom. The Kier molecular flexibility index (Phi) is 3.70. The first-order chi connectivity index (χ1) is 10.7. The van der Waals surface area contributed by atoms with E-state index in [1.807, 2.05) is 48.5 Å². The number of hydrogen-bond donors (Lipinski definition) is 1. The Labute approximate surface area is 128 Å². The molecule has 0 aliphatic rings. The van der Waals surface area contributed by atoms with Crippen LogP contribution < -0.4 is 15.2 Å². The van der Waals surface area contributed by atoms with Crippen LogP contribution >= 0.6 is 0 Å². The summed E-state index contributed by atoms with van der Waals surface area (Å²) in [4.78, 5) is 0. The van der Waals surface area contributed by atoms with Gasteiger partial charge in [0.2, 0.25) is 5.88 Å². The smallest absolute Gasteiger partial charge is 0.230 e. The van der Waals surface area contributed by atoms with E-state index >= 15 is 0 Å². The van der Waals surface area contributed by atoms with Crippen LogP contribution in [-0.4, -0.2) is 19.4 Å². The highest BCUT2D eigenvalue weighted by molar-refractivity contribution is 5.87. The monoisotopic (exact) mass is 296 g/mol. The van der Waals surface area contributed by atoms with Gasteiger partial charge in [-0.05, 0) is 42.0 Å². The van der Waals surface area contributed by atoms with Gasteiger partial charge in [-0.2, -0.15) is 0 Å². The standard InChI is InChI=1S/C17H16N2O3/c1-20-13-7-3-11(4-8-13)15-16(19-22-17(15)18)12-5-9-14(21-2)10-6-12/h3-10H,18H2,1-2H3. The molecule has 0 atom stereocenters. The molecule has 1 aromatic heterocycles. The molecule has 0 saturated carbocycles. The molecule has 0 spiro atoms. The highest BCUT2D eigenvalue weighted by Gasteiger charge is 2.17. The molecule has 1 heterocycles. The number of aromatic nitrogens is 1. The van der Waals surface area contributed by atoms with Crippen LogP contribution in [0.25, 0.3) is 22.4 Å². The first kappa shape index (κ1) is 14.0. The van der Waals surface area contributed by atoms with E-state index in [4.69, 9.17) is 19.7 Å². The van der Waals surface area contributed by atoms with E-state index in [0.29, 0.717) is 5.69 Å². The lowest BCUT2D eigenvalue weighted by Crippen LogP contribution is -1.89. The third-order valence-corrected chi connectivity index (χ3v) is 3.46. The van der Waals surface area contributed by atoms with Gasteiger partial charge < -0.3 is 19.7 Å². The average molecular weight is 296 g/mol. The Hall–Kier alpha value is -2.95. The van der Waals surface area contributed by atoms with Crippen molar-refractivity contribution >= 4 is 5.88 Å². The van der Waals surface area contributed by atoms with Crippen LogP contribution in [0.3, 0.4) is 0 Å². The molecular weight excluding hydrogens is 280 g/mol. The maximum Gasteiger partial charge on any atom is 0.230 e. The summed E-state index contributed by atoms with van der Waals surface area (Å²) in [6.45, 7) is 0. The van der Waals surface area contributed by atoms with Gasteiger partial charge in [-0.1, -0.05) is 17.3 Å². The lowest BCUT2D eigenvalue weighted by atomic mass is 10.0. The minimum absolute atomic E-state index is 0.288. The number of nitrogens with two attached hydrogens (primary N) is 1. The summed E-state index contributed by atoms with van der Waals surface area (Å²) < 4.78 is 15.5. The number of methoxy groups -OCH3 is 2. The number of anilines is 1. The van der Waals surface area contributed by atoms with E-state index < -0.39 is 0 Å². The second kappa shape index (κ2) is 5.81.